The van der Waals surface area contributed by atoms with E-state index in [4.69, 9.17) is 0 Å². The minimum atomic E-state index is -4.85. The smallest absolute Gasteiger partial charge is 0.229 e. The van der Waals surface area contributed by atoms with Gasteiger partial charge >= 0.3 is 5.25 Å². The summed E-state index contributed by atoms with van der Waals surface area (Å²) in [4.78, 5) is 0. The van der Waals surface area contributed by atoms with Crippen LogP contribution in [0.5, 0.6) is 0 Å². The average Bonchev–Trinajstić information content (AvgIpc) is 1.93. The maximum absolute atomic E-state index is 12.5. The molecule has 1 saturated heterocycles. The number of halogens is 3. The summed E-state index contributed by atoms with van der Waals surface area (Å²) < 4.78 is 58.3. The van der Waals surface area contributed by atoms with E-state index in [1.807, 2.05) is 0 Å². The maximum atomic E-state index is 12.5. The van der Waals surface area contributed by atoms with Gasteiger partial charge in [-0.1, -0.05) is 6.92 Å². The number of hydrogen-bond acceptors (Lipinski definition) is 2. The SMILES string of the molecule is CC1CC(F)(F)S(=O)(=O)C1F. The molecule has 0 aromatic carbocycles. The normalized spacial score (nSPS) is 40.7. The molecule has 0 N–H and O–H groups in total. The molecule has 1 aliphatic heterocycles. The quantitative estimate of drug-likeness (QED) is 0.574. The van der Waals surface area contributed by atoms with Crippen LogP contribution >= 0.6 is 0 Å². The summed E-state index contributed by atoms with van der Waals surface area (Å²) in [6.07, 6.45) is -0.906. The van der Waals surface area contributed by atoms with E-state index in [-0.39, 0.29) is 0 Å². The van der Waals surface area contributed by atoms with Crippen LogP contribution in [0.1, 0.15) is 13.3 Å². The highest BCUT2D eigenvalue weighted by Gasteiger charge is 2.59. The lowest BCUT2D eigenvalue weighted by molar-refractivity contribution is 0.0808. The zero-order valence-electron chi connectivity index (χ0n) is 5.72. The molecule has 66 valence electrons. The molecule has 1 fully saturated rings. The second kappa shape index (κ2) is 2.12. The molecule has 0 spiro atoms. The predicted molar refractivity (Wildman–Crippen MR) is 32.5 cm³/mol. The summed E-state index contributed by atoms with van der Waals surface area (Å²) in [6, 6.07) is 0. The largest absolute Gasteiger partial charge is 0.349 e. The fourth-order valence-corrected chi connectivity index (χ4v) is 2.59. The van der Waals surface area contributed by atoms with E-state index in [1.54, 1.807) is 0 Å². The molecule has 2 nitrogen and oxygen atoms in total. The molecule has 1 aliphatic rings. The van der Waals surface area contributed by atoms with Crippen LogP contribution in [0.4, 0.5) is 13.2 Å². The second-order valence-electron chi connectivity index (χ2n) is 2.71. The van der Waals surface area contributed by atoms with Crippen molar-refractivity contribution in [3.8, 4) is 0 Å². The van der Waals surface area contributed by atoms with Crippen molar-refractivity contribution < 1.29 is 21.6 Å². The van der Waals surface area contributed by atoms with Crippen molar-refractivity contribution in [3.63, 3.8) is 0 Å². The van der Waals surface area contributed by atoms with Gasteiger partial charge in [0.25, 0.3) is 0 Å². The van der Waals surface area contributed by atoms with Crippen LogP contribution in [0, 0.1) is 5.92 Å². The number of sulfone groups is 1. The average molecular weight is 188 g/mol. The zero-order chi connectivity index (χ0) is 8.86. The number of alkyl halides is 3. The Morgan fingerprint density at radius 3 is 2.00 bits per heavy atom. The molecule has 0 aliphatic carbocycles. The molecule has 0 aromatic heterocycles. The molecule has 6 heteroatoms. The summed E-state index contributed by atoms with van der Waals surface area (Å²) in [6.45, 7) is 1.16. The van der Waals surface area contributed by atoms with Gasteiger partial charge in [-0.15, -0.1) is 0 Å². The van der Waals surface area contributed by atoms with E-state index >= 15 is 0 Å². The van der Waals surface area contributed by atoms with Crippen molar-refractivity contribution in [1.29, 1.82) is 0 Å². The Morgan fingerprint density at radius 2 is 1.91 bits per heavy atom. The maximum Gasteiger partial charge on any atom is 0.349 e. The van der Waals surface area contributed by atoms with Crippen LogP contribution < -0.4 is 0 Å². The molecule has 1 heterocycles. The molecule has 0 saturated carbocycles. The van der Waals surface area contributed by atoms with Gasteiger partial charge in [-0.2, -0.15) is 8.78 Å². The molecule has 0 amide bonds. The lowest BCUT2D eigenvalue weighted by Crippen LogP contribution is -2.26. The number of hydrogen-bond donors (Lipinski definition) is 0. The third-order valence-corrected chi connectivity index (χ3v) is 3.78. The summed E-state index contributed by atoms with van der Waals surface area (Å²) >= 11 is 0. The fourth-order valence-electron chi connectivity index (χ4n) is 1.05. The van der Waals surface area contributed by atoms with Crippen LogP contribution in [0.25, 0.3) is 0 Å². The molecule has 1 rings (SSSR count). The van der Waals surface area contributed by atoms with Gasteiger partial charge in [0.2, 0.25) is 15.3 Å². The van der Waals surface area contributed by atoms with E-state index in [0.29, 0.717) is 0 Å². The highest BCUT2D eigenvalue weighted by molar-refractivity contribution is 7.93. The van der Waals surface area contributed by atoms with Gasteiger partial charge in [-0.05, 0) is 0 Å². The van der Waals surface area contributed by atoms with E-state index in [1.165, 1.54) is 0 Å². The first-order chi connectivity index (χ1) is 4.79. The standard InChI is InChI=1S/C5H7F3O2S/c1-3-2-5(7,8)11(9,10)4(3)6/h3-4H,2H2,1H3. The van der Waals surface area contributed by atoms with Crippen molar-refractivity contribution in [2.45, 2.75) is 24.1 Å². The third kappa shape index (κ3) is 1.04. The molecule has 2 unspecified atom stereocenters. The lowest BCUT2D eigenvalue weighted by atomic mass is 10.1. The Bertz CT molecular complexity index is 259. The number of rotatable bonds is 0. The van der Waals surface area contributed by atoms with Gasteiger partial charge in [-0.3, -0.25) is 0 Å². The predicted octanol–water partition coefficient (Wildman–Crippen LogP) is 1.33. The van der Waals surface area contributed by atoms with Crippen molar-refractivity contribution in [2.75, 3.05) is 0 Å². The molecule has 2 atom stereocenters. The summed E-state index contributed by atoms with van der Waals surface area (Å²) in [5.74, 6) is -1.10. The van der Waals surface area contributed by atoms with Gasteiger partial charge in [0, 0.05) is 12.3 Å². The Morgan fingerprint density at radius 1 is 1.45 bits per heavy atom. The zero-order valence-corrected chi connectivity index (χ0v) is 6.54. The Labute approximate surface area is 62.3 Å². The van der Waals surface area contributed by atoms with Crippen LogP contribution in [0.3, 0.4) is 0 Å². The van der Waals surface area contributed by atoms with E-state index in [9.17, 15) is 21.6 Å². The second-order valence-corrected chi connectivity index (χ2v) is 4.85. The Kier molecular flexibility index (Phi) is 1.70. The first kappa shape index (κ1) is 8.83. The van der Waals surface area contributed by atoms with Crippen LogP contribution in [-0.4, -0.2) is 19.2 Å². The summed E-state index contributed by atoms with van der Waals surface area (Å²) in [5.41, 5.74) is -2.41. The van der Waals surface area contributed by atoms with Gasteiger partial charge in [0.15, 0.2) is 0 Å². The molecular weight excluding hydrogens is 181 g/mol. The van der Waals surface area contributed by atoms with E-state index in [0.717, 1.165) is 6.92 Å². The van der Waals surface area contributed by atoms with Crippen molar-refractivity contribution in [3.05, 3.63) is 0 Å². The molecular formula is C5H7F3O2S. The highest BCUT2D eigenvalue weighted by atomic mass is 32.2. The highest BCUT2D eigenvalue weighted by Crippen LogP contribution is 2.43. The van der Waals surface area contributed by atoms with Crippen LogP contribution in [-0.2, 0) is 9.84 Å². The van der Waals surface area contributed by atoms with Crippen LogP contribution in [0.2, 0.25) is 0 Å². The minimum absolute atomic E-state index is 0.906. The molecule has 0 aromatic rings. The van der Waals surface area contributed by atoms with E-state index in [2.05, 4.69) is 0 Å². The molecule has 0 radical (unpaired) electrons. The minimum Gasteiger partial charge on any atom is -0.229 e. The Hall–Kier alpha value is -0.260. The van der Waals surface area contributed by atoms with Gasteiger partial charge in [0.05, 0.1) is 0 Å². The van der Waals surface area contributed by atoms with Crippen LogP contribution in [0.15, 0.2) is 0 Å². The Balaban J connectivity index is 3.13. The van der Waals surface area contributed by atoms with E-state index < -0.39 is 32.9 Å². The van der Waals surface area contributed by atoms with Crippen molar-refractivity contribution in [2.24, 2.45) is 5.92 Å². The van der Waals surface area contributed by atoms with Gasteiger partial charge in [-0.25, -0.2) is 12.8 Å². The lowest BCUT2D eigenvalue weighted by Gasteiger charge is -2.05. The molecule has 0 bridgehead atoms. The van der Waals surface area contributed by atoms with Gasteiger partial charge < -0.3 is 0 Å². The topological polar surface area (TPSA) is 34.1 Å². The van der Waals surface area contributed by atoms with Gasteiger partial charge in [0.1, 0.15) is 0 Å². The monoisotopic (exact) mass is 188 g/mol. The van der Waals surface area contributed by atoms with Crippen molar-refractivity contribution >= 4 is 9.84 Å². The first-order valence-electron chi connectivity index (χ1n) is 3.04. The molecule has 11 heavy (non-hydrogen) atoms. The summed E-state index contributed by atoms with van der Waals surface area (Å²) in [5, 5.41) is -3.87. The summed E-state index contributed by atoms with van der Waals surface area (Å²) in [7, 11) is -4.85. The fraction of sp³-hybridized carbons (Fsp3) is 1.00. The first-order valence-corrected chi connectivity index (χ1v) is 4.59. The third-order valence-electron chi connectivity index (χ3n) is 1.72. The van der Waals surface area contributed by atoms with Crippen molar-refractivity contribution in [1.82, 2.24) is 0 Å².